The lowest BCUT2D eigenvalue weighted by Gasteiger charge is -2.16. The van der Waals surface area contributed by atoms with Gasteiger partial charge < -0.3 is 14.3 Å². The van der Waals surface area contributed by atoms with Gasteiger partial charge in [0.1, 0.15) is 11.5 Å². The van der Waals surface area contributed by atoms with Crippen molar-refractivity contribution in [3.05, 3.63) is 118 Å². The highest BCUT2D eigenvalue weighted by atomic mass is 32.2. The van der Waals surface area contributed by atoms with E-state index < -0.39 is 11.9 Å². The van der Waals surface area contributed by atoms with Gasteiger partial charge in [-0.15, -0.1) is 0 Å². The summed E-state index contributed by atoms with van der Waals surface area (Å²) in [5.41, 5.74) is 3.77. The smallest absolute Gasteiger partial charge is 0.337 e. The molecule has 1 N–H and O–H groups in total. The van der Waals surface area contributed by atoms with E-state index in [1.807, 2.05) is 43.3 Å². The lowest BCUT2D eigenvalue weighted by Crippen LogP contribution is -2.28. The summed E-state index contributed by atoms with van der Waals surface area (Å²) in [6.07, 6.45) is 1.68. The van der Waals surface area contributed by atoms with Crippen molar-refractivity contribution in [1.82, 2.24) is 4.90 Å². The number of nitrogens with zero attached hydrogens (tertiary/aromatic N) is 2. The number of carbonyl (C=O) groups is 3. The van der Waals surface area contributed by atoms with Crippen molar-refractivity contribution >= 4 is 46.5 Å². The predicted molar refractivity (Wildman–Crippen MR) is 153 cm³/mol. The number of carbonyl (C=O) groups excluding carboxylic acids is 2. The first kappa shape index (κ1) is 26.7. The Bertz CT molecular complexity index is 1650. The van der Waals surface area contributed by atoms with Gasteiger partial charge in [0, 0.05) is 11.6 Å². The van der Waals surface area contributed by atoms with Crippen LogP contribution in [0, 0.1) is 6.92 Å². The largest absolute Gasteiger partial charge is 0.478 e. The van der Waals surface area contributed by atoms with Crippen LogP contribution in [0.2, 0.25) is 0 Å². The highest BCUT2D eigenvalue weighted by molar-refractivity contribution is 8.18. The van der Waals surface area contributed by atoms with E-state index in [2.05, 4.69) is 0 Å². The summed E-state index contributed by atoms with van der Waals surface area (Å²) in [6, 6.07) is 24.6. The monoisotopic (exact) mass is 552 g/mol. The number of para-hydroxylation sites is 1. The molecule has 0 atom stereocenters. The topological polar surface area (TPSA) is 109 Å². The fraction of sp³-hybridized carbons (Fsp3) is 0.0968. The molecule has 3 aromatic carbocycles. The van der Waals surface area contributed by atoms with E-state index in [0.29, 0.717) is 32.8 Å². The average molecular weight is 553 g/mol. The molecule has 2 heterocycles. The summed E-state index contributed by atoms with van der Waals surface area (Å²) in [4.78, 5) is 43.3. The molecule has 0 spiro atoms. The van der Waals surface area contributed by atoms with Crippen molar-refractivity contribution in [3.63, 3.8) is 0 Å². The molecule has 5 rings (SSSR count). The summed E-state index contributed by atoms with van der Waals surface area (Å²) in [5.74, 6) is -0.563. The number of hydrogen-bond donors (Lipinski definition) is 1. The number of amidine groups is 1. The van der Waals surface area contributed by atoms with Gasteiger partial charge >= 0.3 is 11.9 Å². The number of aliphatic imine (C=N–C) groups is 1. The first-order chi connectivity index (χ1) is 19.3. The van der Waals surface area contributed by atoms with E-state index in [4.69, 9.17) is 14.1 Å². The molecule has 0 radical (unpaired) electrons. The summed E-state index contributed by atoms with van der Waals surface area (Å²) in [6.45, 7) is 2.11. The van der Waals surface area contributed by atoms with Gasteiger partial charge in [0.15, 0.2) is 5.17 Å². The number of carboxylic acids is 1. The Labute approximate surface area is 234 Å². The van der Waals surface area contributed by atoms with E-state index in [0.717, 1.165) is 16.7 Å². The second-order valence-corrected chi connectivity index (χ2v) is 9.97. The summed E-state index contributed by atoms with van der Waals surface area (Å²) in [7, 11) is 1.34. The zero-order chi connectivity index (χ0) is 28.2. The summed E-state index contributed by atoms with van der Waals surface area (Å²) < 4.78 is 10.8. The number of hydrogen-bond acceptors (Lipinski definition) is 7. The van der Waals surface area contributed by atoms with E-state index in [-0.39, 0.29) is 18.0 Å². The minimum absolute atomic E-state index is 0.174. The van der Waals surface area contributed by atoms with Gasteiger partial charge in [-0.1, -0.05) is 36.4 Å². The summed E-state index contributed by atoms with van der Waals surface area (Å²) in [5, 5.41) is 9.70. The number of benzene rings is 3. The predicted octanol–water partition coefficient (Wildman–Crippen LogP) is 6.54. The van der Waals surface area contributed by atoms with Crippen LogP contribution in [0.3, 0.4) is 0 Å². The Morgan fingerprint density at radius 3 is 2.40 bits per heavy atom. The van der Waals surface area contributed by atoms with E-state index in [9.17, 15) is 19.5 Å². The van der Waals surface area contributed by atoms with Crippen LogP contribution in [0.5, 0.6) is 0 Å². The number of amides is 1. The number of aryl methyl sites for hydroxylation is 1. The third-order valence-electron chi connectivity index (χ3n) is 6.22. The first-order valence-corrected chi connectivity index (χ1v) is 13.1. The number of esters is 1. The molecule has 0 aliphatic carbocycles. The number of carboxylic acid groups (broad SMARTS) is 1. The minimum atomic E-state index is -1.01. The third kappa shape index (κ3) is 5.74. The van der Waals surface area contributed by atoms with Crippen molar-refractivity contribution in [3.8, 4) is 11.3 Å². The fourth-order valence-electron chi connectivity index (χ4n) is 4.17. The molecule has 9 heteroatoms. The molecule has 1 aliphatic heterocycles. The van der Waals surface area contributed by atoms with Gasteiger partial charge in [-0.05, 0) is 78.3 Å². The Balaban J connectivity index is 1.43. The van der Waals surface area contributed by atoms with Gasteiger partial charge in [-0.3, -0.25) is 9.69 Å². The SMILES string of the molecule is COC(=O)c1ccc(-c2ccc(/C=C3\SC(=Nc4ccccc4)N(Cc4ccc(C(=O)O)cc4)C3=O)o2)c(C)c1. The summed E-state index contributed by atoms with van der Waals surface area (Å²) >= 11 is 1.24. The van der Waals surface area contributed by atoms with Crippen LogP contribution in [0.4, 0.5) is 5.69 Å². The van der Waals surface area contributed by atoms with Crippen molar-refractivity contribution in [2.45, 2.75) is 13.5 Å². The Hall–Kier alpha value is -4.89. The molecule has 4 aromatic rings. The highest BCUT2D eigenvalue weighted by Crippen LogP contribution is 2.36. The van der Waals surface area contributed by atoms with Crippen molar-refractivity contribution in [2.75, 3.05) is 7.11 Å². The Morgan fingerprint density at radius 1 is 1.00 bits per heavy atom. The number of furan rings is 1. The molecule has 8 nitrogen and oxygen atoms in total. The zero-order valence-corrected chi connectivity index (χ0v) is 22.5. The first-order valence-electron chi connectivity index (χ1n) is 12.3. The van der Waals surface area contributed by atoms with Gasteiger partial charge in [0.05, 0.1) is 35.4 Å². The number of thioether (sulfide) groups is 1. The van der Waals surface area contributed by atoms with E-state index >= 15 is 0 Å². The van der Waals surface area contributed by atoms with Gasteiger partial charge in [0.2, 0.25) is 0 Å². The lowest BCUT2D eigenvalue weighted by molar-refractivity contribution is -0.122. The highest BCUT2D eigenvalue weighted by Gasteiger charge is 2.34. The molecule has 1 aromatic heterocycles. The maximum atomic E-state index is 13.5. The van der Waals surface area contributed by atoms with Crippen molar-refractivity contribution in [1.29, 1.82) is 0 Å². The van der Waals surface area contributed by atoms with Crippen molar-refractivity contribution < 1.29 is 28.6 Å². The van der Waals surface area contributed by atoms with E-state index in [1.54, 1.807) is 47.4 Å². The van der Waals surface area contributed by atoms with Crippen LogP contribution in [0.25, 0.3) is 17.4 Å². The Morgan fingerprint density at radius 2 is 1.73 bits per heavy atom. The van der Waals surface area contributed by atoms with Crippen LogP contribution in [0.15, 0.2) is 99.2 Å². The van der Waals surface area contributed by atoms with Crippen molar-refractivity contribution in [2.24, 2.45) is 4.99 Å². The van der Waals surface area contributed by atoms with Gasteiger partial charge in [0.25, 0.3) is 5.91 Å². The standard InChI is InChI=1S/C31H24N2O6S/c1-19-16-22(30(37)38-2)12-14-25(19)26-15-13-24(39-26)17-27-28(34)33(18-20-8-10-21(11-9-20)29(35)36)31(40-27)32-23-6-4-3-5-7-23/h3-17H,18H2,1-2H3,(H,35,36)/b27-17-,32-31?. The second kappa shape index (κ2) is 11.5. The molecule has 0 bridgehead atoms. The van der Waals surface area contributed by atoms with E-state index in [1.165, 1.54) is 31.0 Å². The molecule has 1 saturated heterocycles. The second-order valence-electron chi connectivity index (χ2n) is 8.96. The van der Waals surface area contributed by atoms with Crippen LogP contribution < -0.4 is 0 Å². The van der Waals surface area contributed by atoms with Crippen LogP contribution in [0.1, 0.15) is 37.6 Å². The molecular formula is C31H24N2O6S. The number of methoxy groups -OCH3 is 1. The van der Waals surface area contributed by atoms with Crippen LogP contribution >= 0.6 is 11.8 Å². The molecule has 200 valence electrons. The molecule has 1 aliphatic rings. The maximum absolute atomic E-state index is 13.5. The molecule has 1 amide bonds. The third-order valence-corrected chi connectivity index (χ3v) is 7.23. The van der Waals surface area contributed by atoms with Crippen LogP contribution in [-0.2, 0) is 16.1 Å². The normalized spacial score (nSPS) is 15.2. The maximum Gasteiger partial charge on any atom is 0.337 e. The molecule has 1 fully saturated rings. The van der Waals surface area contributed by atoms with Crippen LogP contribution in [-0.4, -0.2) is 40.1 Å². The fourth-order valence-corrected chi connectivity index (χ4v) is 5.15. The molecule has 40 heavy (non-hydrogen) atoms. The number of rotatable bonds is 7. The Kier molecular flexibility index (Phi) is 7.65. The van der Waals surface area contributed by atoms with Gasteiger partial charge in [-0.25, -0.2) is 14.6 Å². The zero-order valence-electron chi connectivity index (χ0n) is 21.7. The lowest BCUT2D eigenvalue weighted by atomic mass is 10.0. The molecule has 0 unspecified atom stereocenters. The molecular weight excluding hydrogens is 528 g/mol. The number of aromatic carboxylic acids is 1. The molecule has 0 saturated carbocycles. The average Bonchev–Trinajstić information content (AvgIpc) is 3.53. The quantitative estimate of drug-likeness (QED) is 0.205. The van der Waals surface area contributed by atoms with Gasteiger partial charge in [-0.2, -0.15) is 0 Å². The number of ether oxygens (including phenoxy) is 1. The minimum Gasteiger partial charge on any atom is -0.478 e.